The summed E-state index contributed by atoms with van der Waals surface area (Å²) < 4.78 is 1.51. The van der Waals surface area contributed by atoms with E-state index in [4.69, 9.17) is 0 Å². The molecule has 0 N–H and O–H groups in total. The number of hydrogen-bond donors (Lipinski definition) is 0. The maximum atomic E-state index is 12.9. The highest BCUT2D eigenvalue weighted by molar-refractivity contribution is 8.04. The first-order valence-corrected chi connectivity index (χ1v) is 10.6. The summed E-state index contributed by atoms with van der Waals surface area (Å²) in [6, 6.07) is -0.0875. The van der Waals surface area contributed by atoms with E-state index in [-0.39, 0.29) is 30.4 Å². The highest BCUT2D eigenvalue weighted by Gasteiger charge is 2.49. The molecule has 4 amide bonds. The molecule has 1 saturated carbocycles. The monoisotopic (exact) mass is 378 g/mol. The number of carbonyl (C=O) groups is 3. The first-order valence-electron chi connectivity index (χ1n) is 9.62. The van der Waals surface area contributed by atoms with E-state index in [1.165, 1.54) is 27.7 Å². The Morgan fingerprint density at radius 1 is 1.31 bits per heavy atom. The van der Waals surface area contributed by atoms with Crippen molar-refractivity contribution in [3.8, 4) is 0 Å². The molecule has 26 heavy (non-hydrogen) atoms. The fraction of sp³-hybridized carbons (Fsp3) is 0.684. The molecule has 0 bridgehead atoms. The highest BCUT2D eigenvalue weighted by Crippen LogP contribution is 2.28. The van der Waals surface area contributed by atoms with Crippen LogP contribution < -0.4 is 0 Å². The lowest BCUT2D eigenvalue weighted by atomic mass is 9.94. The molecule has 3 aliphatic rings. The Kier molecular flexibility index (Phi) is 6.16. The number of nitrogens with zero attached hydrogens (tertiary/aromatic N) is 3. The van der Waals surface area contributed by atoms with Gasteiger partial charge in [0.15, 0.2) is 11.8 Å². The minimum absolute atomic E-state index is 0.0124. The topological polar surface area (TPSA) is 60.7 Å². The highest BCUT2D eigenvalue weighted by atomic mass is 32.2. The number of urea groups is 1. The van der Waals surface area contributed by atoms with Gasteiger partial charge in [-0.3, -0.25) is 4.79 Å². The molecule has 2 heterocycles. The summed E-state index contributed by atoms with van der Waals surface area (Å²) >= 11 is 1.41. The molecule has 142 valence electrons. The van der Waals surface area contributed by atoms with E-state index >= 15 is 0 Å². The largest absolute Gasteiger partial charge is 0.501 e. The van der Waals surface area contributed by atoms with E-state index in [1.54, 1.807) is 11.0 Å². The molecule has 2 aliphatic heterocycles. The van der Waals surface area contributed by atoms with Gasteiger partial charge in [0.25, 0.3) is 5.91 Å². The zero-order valence-electron chi connectivity index (χ0n) is 15.6. The fourth-order valence-electron chi connectivity index (χ4n) is 3.85. The molecule has 6 nitrogen and oxygen atoms in total. The van der Waals surface area contributed by atoms with Gasteiger partial charge < -0.3 is 4.90 Å². The summed E-state index contributed by atoms with van der Waals surface area (Å²) in [6.07, 6.45) is 9.11. The van der Waals surface area contributed by atoms with Crippen molar-refractivity contribution in [2.75, 3.05) is 20.1 Å². The maximum absolute atomic E-state index is 12.9. The lowest BCUT2D eigenvalue weighted by Gasteiger charge is -2.31. The predicted molar refractivity (Wildman–Crippen MR) is 102 cm³/mol. The average molecular weight is 379 g/mol. The first-order chi connectivity index (χ1) is 12.5. The number of carbonyl (C=O) groups excluding carboxylic acids is 3. The molecule has 1 aliphatic carbocycles. The molecule has 0 aromatic carbocycles. The SMILES string of the molecule is CCCCN1C(=O)C2SC=CC2=[N+](CC(=O)N(C)C2CCCCC2)C1=O. The van der Waals surface area contributed by atoms with Crippen LogP contribution in [0.15, 0.2) is 11.5 Å². The Labute approximate surface area is 159 Å². The Hall–Kier alpha value is -1.63. The third-order valence-corrected chi connectivity index (χ3v) is 6.54. The maximum Gasteiger partial charge on any atom is 0.501 e. The van der Waals surface area contributed by atoms with E-state index in [2.05, 4.69) is 0 Å². The number of likely N-dealkylation sites (N-methyl/N-ethyl adjacent to an activating group) is 1. The van der Waals surface area contributed by atoms with Gasteiger partial charge in [-0.05, 0) is 30.7 Å². The minimum atomic E-state index is -0.391. The standard InChI is InChI=1S/C19H28N3O3S/c1-3-4-11-21-18(24)17-15(10-12-26-17)22(19(21)25)13-16(23)20(2)14-8-6-5-7-9-14/h10,12,14,17H,3-9,11,13H2,1-2H3/q+1. The van der Waals surface area contributed by atoms with Gasteiger partial charge in [0, 0.05) is 13.1 Å². The molecule has 1 unspecified atom stereocenters. The lowest BCUT2D eigenvalue weighted by molar-refractivity contribution is -0.428. The second-order valence-corrected chi connectivity index (χ2v) is 8.27. The van der Waals surface area contributed by atoms with Gasteiger partial charge in [0.1, 0.15) is 5.71 Å². The number of thioether (sulfide) groups is 1. The Morgan fingerprint density at radius 2 is 2.04 bits per heavy atom. The second-order valence-electron chi connectivity index (χ2n) is 7.25. The van der Waals surface area contributed by atoms with Crippen LogP contribution in [-0.4, -0.2) is 69.4 Å². The summed E-state index contributed by atoms with van der Waals surface area (Å²) in [6.45, 7) is 2.46. The van der Waals surface area contributed by atoms with Crippen LogP contribution >= 0.6 is 11.8 Å². The predicted octanol–water partition coefficient (Wildman–Crippen LogP) is 2.62. The Balaban J connectivity index is 1.78. The number of amides is 4. The molecule has 0 spiro atoms. The van der Waals surface area contributed by atoms with Crippen molar-refractivity contribution in [1.29, 1.82) is 0 Å². The van der Waals surface area contributed by atoms with Crippen molar-refractivity contribution in [1.82, 2.24) is 9.80 Å². The van der Waals surface area contributed by atoms with Gasteiger partial charge in [0.05, 0.1) is 6.54 Å². The molecule has 1 atom stereocenters. The van der Waals surface area contributed by atoms with Gasteiger partial charge in [0.2, 0.25) is 0 Å². The van der Waals surface area contributed by atoms with Crippen LogP contribution in [0.3, 0.4) is 0 Å². The van der Waals surface area contributed by atoms with Crippen molar-refractivity contribution in [3.05, 3.63) is 11.5 Å². The fourth-order valence-corrected chi connectivity index (χ4v) is 4.82. The second kappa shape index (κ2) is 8.37. The molecule has 0 aromatic heterocycles. The van der Waals surface area contributed by atoms with Crippen LogP contribution in [0, 0.1) is 0 Å². The lowest BCUT2D eigenvalue weighted by Crippen LogP contribution is -2.57. The van der Waals surface area contributed by atoms with Crippen molar-refractivity contribution >= 4 is 35.3 Å². The van der Waals surface area contributed by atoms with Crippen LogP contribution in [0.1, 0.15) is 51.9 Å². The summed E-state index contributed by atoms with van der Waals surface area (Å²) in [4.78, 5) is 41.5. The number of rotatable bonds is 6. The summed E-state index contributed by atoms with van der Waals surface area (Å²) in [5.41, 5.74) is 0.656. The zero-order chi connectivity index (χ0) is 18.7. The smallest absolute Gasteiger partial charge is 0.339 e. The van der Waals surface area contributed by atoms with Crippen molar-refractivity contribution in [2.24, 2.45) is 0 Å². The Bertz CT molecular complexity index is 652. The van der Waals surface area contributed by atoms with E-state index in [9.17, 15) is 14.4 Å². The quantitative estimate of drug-likeness (QED) is 0.667. The molecular weight excluding hydrogens is 350 g/mol. The molecular formula is C19H28N3O3S+. The molecule has 0 radical (unpaired) electrons. The number of fused-ring (bicyclic) bond motifs is 1. The third kappa shape index (κ3) is 3.72. The summed E-state index contributed by atoms with van der Waals surface area (Å²) in [5.74, 6) is -0.204. The van der Waals surface area contributed by atoms with Crippen LogP contribution in [0.4, 0.5) is 4.79 Å². The van der Waals surface area contributed by atoms with Crippen LogP contribution in [0.25, 0.3) is 0 Å². The number of unbranched alkanes of at least 4 members (excludes halogenated alkanes) is 1. The van der Waals surface area contributed by atoms with Gasteiger partial charge in [-0.25, -0.2) is 4.79 Å². The number of hydrogen-bond acceptors (Lipinski definition) is 4. The normalized spacial score (nSPS) is 23.6. The Morgan fingerprint density at radius 3 is 2.73 bits per heavy atom. The van der Waals surface area contributed by atoms with E-state index < -0.39 is 5.25 Å². The number of allylic oxidation sites excluding steroid dienone is 1. The van der Waals surface area contributed by atoms with E-state index in [1.807, 2.05) is 19.4 Å². The molecule has 7 heteroatoms. The van der Waals surface area contributed by atoms with Crippen LogP contribution in [0.5, 0.6) is 0 Å². The molecule has 0 aromatic rings. The number of imide groups is 1. The average Bonchev–Trinajstić information content (AvgIpc) is 3.15. The van der Waals surface area contributed by atoms with Gasteiger partial charge in [-0.2, -0.15) is 14.3 Å². The van der Waals surface area contributed by atoms with Gasteiger partial charge >= 0.3 is 11.9 Å². The van der Waals surface area contributed by atoms with Crippen LogP contribution in [0.2, 0.25) is 0 Å². The van der Waals surface area contributed by atoms with Gasteiger partial charge in [-0.1, -0.05) is 32.6 Å². The van der Waals surface area contributed by atoms with Crippen molar-refractivity contribution in [2.45, 2.75) is 63.2 Å². The summed E-state index contributed by atoms with van der Waals surface area (Å²) in [5, 5.41) is 1.45. The molecule has 1 fully saturated rings. The first kappa shape index (κ1) is 19.1. The third-order valence-electron chi connectivity index (χ3n) is 5.53. The van der Waals surface area contributed by atoms with E-state index in [0.717, 1.165) is 38.5 Å². The summed E-state index contributed by atoms with van der Waals surface area (Å²) in [7, 11) is 1.84. The van der Waals surface area contributed by atoms with Crippen molar-refractivity contribution < 1.29 is 19.0 Å². The molecule has 3 rings (SSSR count). The van der Waals surface area contributed by atoms with E-state index in [0.29, 0.717) is 12.3 Å². The van der Waals surface area contributed by atoms with Gasteiger partial charge in [-0.15, -0.1) is 11.8 Å². The molecule has 0 saturated heterocycles. The zero-order valence-corrected chi connectivity index (χ0v) is 16.5. The van der Waals surface area contributed by atoms with Crippen LogP contribution in [-0.2, 0) is 9.59 Å². The minimum Gasteiger partial charge on any atom is -0.339 e. The van der Waals surface area contributed by atoms with Crippen molar-refractivity contribution in [3.63, 3.8) is 0 Å².